The maximum Gasteiger partial charge on any atom is 0.122 e. The number of hydrogen-bond donors (Lipinski definition) is 1. The lowest BCUT2D eigenvalue weighted by Gasteiger charge is -2.28. The Morgan fingerprint density at radius 2 is 1.89 bits per heavy atom. The van der Waals surface area contributed by atoms with Crippen LogP contribution in [-0.4, -0.2) is 32.6 Å². The second-order valence-electron chi connectivity index (χ2n) is 6.27. The summed E-state index contributed by atoms with van der Waals surface area (Å²) in [4.78, 5) is 2.22. The first-order chi connectivity index (χ1) is 8.81. The average molecular weight is 264 g/mol. The number of rotatable bonds is 5. The summed E-state index contributed by atoms with van der Waals surface area (Å²) in [5.41, 5.74) is 8.36. The maximum atomic E-state index is 5.73. The number of nitrogens with two attached hydrogens (primary N) is 1. The largest absolute Gasteiger partial charge is 0.496 e. The van der Waals surface area contributed by atoms with Crippen LogP contribution >= 0.6 is 0 Å². The number of ether oxygens (including phenoxy) is 1. The van der Waals surface area contributed by atoms with Crippen molar-refractivity contribution in [2.75, 3.05) is 27.7 Å². The van der Waals surface area contributed by atoms with Crippen molar-refractivity contribution in [3.8, 4) is 5.75 Å². The Kier molecular flexibility index (Phi) is 5.39. The molecule has 108 valence electrons. The first kappa shape index (κ1) is 16.0. The fourth-order valence-electron chi connectivity index (χ4n) is 2.40. The molecule has 1 aromatic carbocycles. The van der Waals surface area contributed by atoms with Crippen LogP contribution in [0, 0.1) is 0 Å². The lowest BCUT2D eigenvalue weighted by molar-refractivity contribution is 0.286. The zero-order chi connectivity index (χ0) is 14.6. The highest BCUT2D eigenvalue weighted by Crippen LogP contribution is 2.34. The summed E-state index contributed by atoms with van der Waals surface area (Å²) < 4.78 is 5.49. The average Bonchev–Trinajstić information content (AvgIpc) is 2.33. The summed E-state index contributed by atoms with van der Waals surface area (Å²) in [6.07, 6.45) is 0.961. The van der Waals surface area contributed by atoms with Crippen LogP contribution < -0.4 is 10.5 Å². The van der Waals surface area contributed by atoms with E-state index >= 15 is 0 Å². The van der Waals surface area contributed by atoms with E-state index in [0.717, 1.165) is 12.2 Å². The summed E-state index contributed by atoms with van der Waals surface area (Å²) in [5, 5.41) is 0. The molecule has 0 aliphatic heterocycles. The molecule has 1 aromatic rings. The van der Waals surface area contributed by atoms with Crippen LogP contribution in [-0.2, 0) is 5.41 Å². The van der Waals surface area contributed by atoms with E-state index in [-0.39, 0.29) is 5.41 Å². The van der Waals surface area contributed by atoms with Gasteiger partial charge >= 0.3 is 0 Å². The van der Waals surface area contributed by atoms with Crippen LogP contribution in [0.1, 0.15) is 44.4 Å². The SMILES string of the molecule is COc1ccc(C(CCN)N(C)C)cc1C(C)(C)C. The van der Waals surface area contributed by atoms with Crippen molar-refractivity contribution < 1.29 is 4.74 Å². The van der Waals surface area contributed by atoms with Crippen molar-refractivity contribution in [1.82, 2.24) is 4.90 Å². The van der Waals surface area contributed by atoms with Gasteiger partial charge in [-0.3, -0.25) is 0 Å². The van der Waals surface area contributed by atoms with Crippen molar-refractivity contribution >= 4 is 0 Å². The van der Waals surface area contributed by atoms with Gasteiger partial charge in [-0.25, -0.2) is 0 Å². The van der Waals surface area contributed by atoms with Crippen LogP contribution in [0.5, 0.6) is 5.75 Å². The predicted octanol–water partition coefficient (Wildman–Crippen LogP) is 2.94. The number of nitrogens with zero attached hydrogens (tertiary/aromatic N) is 1. The zero-order valence-electron chi connectivity index (χ0n) is 13.2. The van der Waals surface area contributed by atoms with E-state index in [4.69, 9.17) is 10.5 Å². The van der Waals surface area contributed by atoms with Crippen molar-refractivity contribution in [1.29, 1.82) is 0 Å². The molecule has 0 aromatic heterocycles. The fourth-order valence-corrected chi connectivity index (χ4v) is 2.40. The van der Waals surface area contributed by atoms with E-state index in [2.05, 4.69) is 58.0 Å². The number of benzene rings is 1. The molecular formula is C16H28N2O. The van der Waals surface area contributed by atoms with Gasteiger partial charge in [-0.2, -0.15) is 0 Å². The molecule has 1 atom stereocenters. The van der Waals surface area contributed by atoms with Gasteiger partial charge in [0, 0.05) is 6.04 Å². The molecule has 1 unspecified atom stereocenters. The minimum Gasteiger partial charge on any atom is -0.496 e. The summed E-state index contributed by atoms with van der Waals surface area (Å²) in [5.74, 6) is 0.960. The highest BCUT2D eigenvalue weighted by molar-refractivity contribution is 5.42. The molecule has 0 spiro atoms. The van der Waals surface area contributed by atoms with E-state index in [1.165, 1.54) is 11.1 Å². The molecular weight excluding hydrogens is 236 g/mol. The normalized spacial score (nSPS) is 13.7. The van der Waals surface area contributed by atoms with Crippen LogP contribution in [0.4, 0.5) is 0 Å². The smallest absolute Gasteiger partial charge is 0.122 e. The van der Waals surface area contributed by atoms with E-state index in [1.54, 1.807) is 7.11 Å². The molecule has 0 bridgehead atoms. The topological polar surface area (TPSA) is 38.5 Å². The van der Waals surface area contributed by atoms with E-state index < -0.39 is 0 Å². The molecule has 0 amide bonds. The minimum absolute atomic E-state index is 0.0704. The number of hydrogen-bond acceptors (Lipinski definition) is 3. The third kappa shape index (κ3) is 3.95. The highest BCUT2D eigenvalue weighted by atomic mass is 16.5. The monoisotopic (exact) mass is 264 g/mol. The summed E-state index contributed by atoms with van der Waals surface area (Å²) >= 11 is 0. The second kappa shape index (κ2) is 6.40. The summed E-state index contributed by atoms with van der Waals surface area (Å²) in [6, 6.07) is 6.84. The maximum absolute atomic E-state index is 5.73. The summed E-state index contributed by atoms with van der Waals surface area (Å²) in [6.45, 7) is 7.33. The van der Waals surface area contributed by atoms with Crippen LogP contribution in [0.25, 0.3) is 0 Å². The van der Waals surface area contributed by atoms with Gasteiger partial charge in [-0.1, -0.05) is 26.8 Å². The lowest BCUT2D eigenvalue weighted by Crippen LogP contribution is -2.23. The first-order valence-electron chi connectivity index (χ1n) is 6.86. The fraction of sp³-hybridized carbons (Fsp3) is 0.625. The molecule has 3 nitrogen and oxygen atoms in total. The molecule has 0 heterocycles. The molecule has 0 saturated heterocycles. The molecule has 2 N–H and O–H groups in total. The van der Waals surface area contributed by atoms with Crippen molar-refractivity contribution in [2.24, 2.45) is 5.73 Å². The Balaban J connectivity index is 3.23. The van der Waals surface area contributed by atoms with E-state index in [1.807, 2.05) is 0 Å². The van der Waals surface area contributed by atoms with Crippen LogP contribution in [0.3, 0.4) is 0 Å². The second-order valence-corrected chi connectivity index (χ2v) is 6.27. The molecule has 0 aliphatic carbocycles. The molecule has 0 radical (unpaired) electrons. The van der Waals surface area contributed by atoms with Gasteiger partial charge in [0.1, 0.15) is 5.75 Å². The first-order valence-corrected chi connectivity index (χ1v) is 6.86. The molecule has 1 rings (SSSR count). The third-order valence-corrected chi connectivity index (χ3v) is 3.48. The van der Waals surface area contributed by atoms with Crippen molar-refractivity contribution in [3.63, 3.8) is 0 Å². The lowest BCUT2D eigenvalue weighted by atomic mass is 9.84. The molecule has 19 heavy (non-hydrogen) atoms. The van der Waals surface area contributed by atoms with Gasteiger partial charge in [0.05, 0.1) is 7.11 Å². The van der Waals surface area contributed by atoms with E-state index in [9.17, 15) is 0 Å². The van der Waals surface area contributed by atoms with E-state index in [0.29, 0.717) is 12.6 Å². The van der Waals surface area contributed by atoms with Gasteiger partial charge < -0.3 is 15.4 Å². The van der Waals surface area contributed by atoms with Gasteiger partial charge in [-0.05, 0) is 55.7 Å². The van der Waals surface area contributed by atoms with Gasteiger partial charge in [0.15, 0.2) is 0 Å². The van der Waals surface area contributed by atoms with Gasteiger partial charge in [0.2, 0.25) is 0 Å². The van der Waals surface area contributed by atoms with Gasteiger partial charge in [-0.15, -0.1) is 0 Å². The molecule has 3 heteroatoms. The van der Waals surface area contributed by atoms with Crippen molar-refractivity contribution in [2.45, 2.75) is 38.6 Å². The Labute approximate surface area is 117 Å². The standard InChI is InChI=1S/C16H28N2O/c1-16(2,3)13-11-12(7-8-15(13)19-6)14(9-10-17)18(4)5/h7-8,11,14H,9-10,17H2,1-6H3. The Hall–Kier alpha value is -1.06. The molecule has 0 fully saturated rings. The zero-order valence-corrected chi connectivity index (χ0v) is 13.2. The Bertz CT molecular complexity index is 408. The molecule has 0 saturated carbocycles. The van der Waals surface area contributed by atoms with Gasteiger partial charge in [0.25, 0.3) is 0 Å². The van der Waals surface area contributed by atoms with Crippen molar-refractivity contribution in [3.05, 3.63) is 29.3 Å². The predicted molar refractivity (Wildman–Crippen MR) is 81.8 cm³/mol. The Morgan fingerprint density at radius 1 is 1.26 bits per heavy atom. The minimum atomic E-state index is 0.0704. The third-order valence-electron chi connectivity index (χ3n) is 3.48. The Morgan fingerprint density at radius 3 is 2.32 bits per heavy atom. The van der Waals surface area contributed by atoms with Crippen LogP contribution in [0.2, 0.25) is 0 Å². The number of methoxy groups -OCH3 is 1. The van der Waals surface area contributed by atoms with Crippen LogP contribution in [0.15, 0.2) is 18.2 Å². The summed E-state index contributed by atoms with van der Waals surface area (Å²) in [7, 11) is 5.93. The highest BCUT2D eigenvalue weighted by Gasteiger charge is 2.22. The molecule has 0 aliphatic rings. The quantitative estimate of drug-likeness (QED) is 0.888.